The third-order valence-corrected chi connectivity index (χ3v) is 5.44. The van der Waals surface area contributed by atoms with Crippen LogP contribution < -0.4 is 4.74 Å². The van der Waals surface area contributed by atoms with E-state index in [2.05, 4.69) is 0 Å². The number of carbonyl (C=O) groups is 3. The molecule has 0 bridgehead atoms. The number of benzene rings is 2. The maximum Gasteiger partial charge on any atom is 0.344 e. The van der Waals surface area contributed by atoms with Crippen molar-refractivity contribution in [1.29, 1.82) is 0 Å². The van der Waals surface area contributed by atoms with Gasteiger partial charge in [0.2, 0.25) is 0 Å². The molecule has 172 valence electrons. The molecule has 0 heterocycles. The Bertz CT molecular complexity index is 1180. The molecule has 0 saturated heterocycles. The van der Waals surface area contributed by atoms with Gasteiger partial charge in [-0.1, -0.05) is 23.8 Å². The predicted molar refractivity (Wildman–Crippen MR) is 122 cm³/mol. The highest BCUT2D eigenvalue weighted by Crippen LogP contribution is 2.36. The molecule has 0 unspecified atom stereocenters. The second kappa shape index (κ2) is 9.73. The minimum atomic E-state index is -1.07. The Morgan fingerprint density at radius 2 is 1.70 bits per heavy atom. The maximum atomic E-state index is 13.1. The first kappa shape index (κ1) is 23.8. The molecule has 0 aliphatic heterocycles. The van der Waals surface area contributed by atoms with E-state index in [1.54, 1.807) is 12.1 Å². The van der Waals surface area contributed by atoms with E-state index in [4.69, 9.17) is 9.47 Å². The fourth-order valence-electron chi connectivity index (χ4n) is 3.51. The Morgan fingerprint density at radius 1 is 1.03 bits per heavy atom. The fourth-order valence-corrected chi connectivity index (χ4v) is 3.51. The van der Waals surface area contributed by atoms with Gasteiger partial charge in [0.25, 0.3) is 0 Å². The van der Waals surface area contributed by atoms with Gasteiger partial charge in [-0.2, -0.15) is 0 Å². The summed E-state index contributed by atoms with van der Waals surface area (Å²) in [5.74, 6) is -2.35. The summed E-state index contributed by atoms with van der Waals surface area (Å²) in [5.41, 5.74) is 2.19. The number of hydrogen-bond acceptors (Lipinski definition) is 7. The van der Waals surface area contributed by atoms with E-state index in [1.807, 2.05) is 39.8 Å². The van der Waals surface area contributed by atoms with Crippen LogP contribution in [0.1, 0.15) is 52.1 Å². The van der Waals surface area contributed by atoms with Crippen molar-refractivity contribution in [3.63, 3.8) is 0 Å². The minimum absolute atomic E-state index is 0.0778. The lowest BCUT2D eigenvalue weighted by Gasteiger charge is -2.23. The fraction of sp³-hybridized carbons (Fsp3) is 0.269. The summed E-state index contributed by atoms with van der Waals surface area (Å²) in [6.07, 6.45) is 1.91. The van der Waals surface area contributed by atoms with Gasteiger partial charge in [-0.05, 0) is 63.1 Å². The first-order chi connectivity index (χ1) is 15.6. The van der Waals surface area contributed by atoms with E-state index < -0.39 is 35.1 Å². The van der Waals surface area contributed by atoms with Gasteiger partial charge >= 0.3 is 5.97 Å². The van der Waals surface area contributed by atoms with E-state index in [0.29, 0.717) is 5.75 Å². The number of aryl methyl sites for hydroxylation is 1. The van der Waals surface area contributed by atoms with Crippen LogP contribution in [0, 0.1) is 13.8 Å². The lowest BCUT2D eigenvalue weighted by molar-refractivity contribution is -0.149. The quantitative estimate of drug-likeness (QED) is 0.366. The zero-order valence-electron chi connectivity index (χ0n) is 19.0. The maximum absolute atomic E-state index is 13.1. The average Bonchev–Trinajstić information content (AvgIpc) is 2.76. The Kier molecular flexibility index (Phi) is 7.01. The third kappa shape index (κ3) is 5.14. The summed E-state index contributed by atoms with van der Waals surface area (Å²) in [6, 6.07) is 7.77. The molecule has 7 heteroatoms. The van der Waals surface area contributed by atoms with Crippen molar-refractivity contribution in [3.05, 3.63) is 75.9 Å². The van der Waals surface area contributed by atoms with Gasteiger partial charge in [0.15, 0.2) is 18.2 Å². The first-order valence-corrected chi connectivity index (χ1v) is 10.5. The Balaban J connectivity index is 1.85. The van der Waals surface area contributed by atoms with Crippen molar-refractivity contribution < 1.29 is 34.1 Å². The van der Waals surface area contributed by atoms with Crippen LogP contribution in [-0.4, -0.2) is 40.5 Å². The number of phenolic OH excluding ortho intramolecular Hbond substituents is 2. The summed E-state index contributed by atoms with van der Waals surface area (Å²) >= 11 is 0. The van der Waals surface area contributed by atoms with Crippen molar-refractivity contribution in [2.45, 2.75) is 40.2 Å². The van der Waals surface area contributed by atoms with Gasteiger partial charge in [0.05, 0.1) is 11.1 Å². The minimum Gasteiger partial charge on any atom is -0.507 e. The number of hydrogen-bond donors (Lipinski definition) is 2. The normalized spacial score (nSPS) is 13.6. The summed E-state index contributed by atoms with van der Waals surface area (Å²) in [5, 5.41) is 20.2. The average molecular weight is 450 g/mol. The number of rotatable bonds is 7. The topological polar surface area (TPSA) is 110 Å². The van der Waals surface area contributed by atoms with Crippen molar-refractivity contribution in [3.8, 4) is 17.2 Å². The zero-order chi connectivity index (χ0) is 24.3. The smallest absolute Gasteiger partial charge is 0.344 e. The van der Waals surface area contributed by atoms with Crippen LogP contribution in [-0.2, 0) is 9.53 Å². The second-order valence-electron chi connectivity index (χ2n) is 8.13. The van der Waals surface area contributed by atoms with E-state index in [9.17, 15) is 24.6 Å². The van der Waals surface area contributed by atoms with Crippen molar-refractivity contribution in [2.75, 3.05) is 6.61 Å². The molecule has 0 aromatic heterocycles. The molecule has 1 aliphatic rings. The largest absolute Gasteiger partial charge is 0.507 e. The van der Waals surface area contributed by atoms with Gasteiger partial charge in [-0.15, -0.1) is 0 Å². The molecular weight excluding hydrogens is 424 g/mol. The summed E-state index contributed by atoms with van der Waals surface area (Å²) in [7, 11) is 0. The Morgan fingerprint density at radius 3 is 2.36 bits per heavy atom. The first-order valence-electron chi connectivity index (χ1n) is 10.5. The standard InChI is InChI=1S/C26H26O7/c1-14(2)8-11-22(33-23(30)13-32-21-7-5-6-15(3)16(21)4)17-12-20(29)24-18(27)9-10-19(28)25(24)26(17)31/h5-10,12,22,27-28H,11,13H2,1-4H3/t22-/m1/s1. The molecule has 2 aromatic rings. The van der Waals surface area contributed by atoms with Crippen LogP contribution in [0.15, 0.2) is 53.6 Å². The number of aromatic hydroxyl groups is 2. The Hall–Kier alpha value is -3.87. The molecule has 2 N–H and O–H groups in total. The van der Waals surface area contributed by atoms with Gasteiger partial charge < -0.3 is 19.7 Å². The van der Waals surface area contributed by atoms with Crippen molar-refractivity contribution in [1.82, 2.24) is 0 Å². The number of esters is 1. The number of allylic oxidation sites excluding steroid dienone is 2. The molecule has 33 heavy (non-hydrogen) atoms. The highest BCUT2D eigenvalue weighted by Gasteiger charge is 2.35. The highest BCUT2D eigenvalue weighted by atomic mass is 16.6. The molecule has 2 aromatic carbocycles. The lowest BCUT2D eigenvalue weighted by Crippen LogP contribution is -2.30. The lowest BCUT2D eigenvalue weighted by atomic mass is 9.85. The molecule has 0 amide bonds. The number of ether oxygens (including phenoxy) is 2. The van der Waals surface area contributed by atoms with E-state index in [-0.39, 0.29) is 29.7 Å². The summed E-state index contributed by atoms with van der Waals surface area (Å²) < 4.78 is 11.1. The number of carbonyl (C=O) groups excluding carboxylic acids is 3. The van der Waals surface area contributed by atoms with Crippen LogP contribution >= 0.6 is 0 Å². The van der Waals surface area contributed by atoms with Gasteiger partial charge in [-0.3, -0.25) is 9.59 Å². The monoisotopic (exact) mass is 450 g/mol. The van der Waals surface area contributed by atoms with Crippen LogP contribution in [0.5, 0.6) is 17.2 Å². The molecule has 3 rings (SSSR count). The molecule has 0 radical (unpaired) electrons. The second-order valence-corrected chi connectivity index (χ2v) is 8.13. The molecule has 0 fully saturated rings. The van der Waals surface area contributed by atoms with E-state index in [0.717, 1.165) is 34.9 Å². The van der Waals surface area contributed by atoms with Crippen molar-refractivity contribution in [2.24, 2.45) is 0 Å². The van der Waals surface area contributed by atoms with Gasteiger partial charge in [0.1, 0.15) is 23.4 Å². The predicted octanol–water partition coefficient (Wildman–Crippen LogP) is 4.37. The third-order valence-electron chi connectivity index (χ3n) is 5.44. The number of phenols is 2. The van der Waals surface area contributed by atoms with Gasteiger partial charge in [0, 0.05) is 12.0 Å². The molecule has 1 atom stereocenters. The van der Waals surface area contributed by atoms with E-state index in [1.165, 1.54) is 0 Å². The van der Waals surface area contributed by atoms with Gasteiger partial charge in [-0.25, -0.2) is 4.79 Å². The highest BCUT2D eigenvalue weighted by molar-refractivity contribution is 6.27. The van der Waals surface area contributed by atoms with E-state index >= 15 is 0 Å². The molecule has 0 saturated carbocycles. The van der Waals surface area contributed by atoms with Crippen LogP contribution in [0.2, 0.25) is 0 Å². The number of Topliss-reactive ketones (excluding diaryl/α,β-unsaturated/α-hetero) is 1. The van der Waals surface area contributed by atoms with Crippen LogP contribution in [0.25, 0.3) is 0 Å². The zero-order valence-corrected chi connectivity index (χ0v) is 19.0. The summed E-state index contributed by atoms with van der Waals surface area (Å²) in [4.78, 5) is 38.4. The molecular formula is C26H26O7. The Labute approximate surface area is 192 Å². The number of fused-ring (bicyclic) bond motifs is 1. The van der Waals surface area contributed by atoms with Crippen LogP contribution in [0.3, 0.4) is 0 Å². The molecule has 0 spiro atoms. The van der Waals surface area contributed by atoms with Crippen molar-refractivity contribution >= 4 is 17.5 Å². The summed E-state index contributed by atoms with van der Waals surface area (Å²) in [6.45, 7) is 7.13. The molecule has 7 nitrogen and oxygen atoms in total. The SMILES string of the molecule is CC(C)=CC[C@@H](OC(=O)COc1cccc(C)c1C)C1=CC(=O)c2c(O)ccc(O)c2C1=O. The number of ketones is 2. The van der Waals surface area contributed by atoms with Crippen LogP contribution in [0.4, 0.5) is 0 Å². The molecule has 1 aliphatic carbocycles.